The third-order valence-corrected chi connectivity index (χ3v) is 6.59. The molecule has 0 aliphatic carbocycles. The third-order valence-electron chi connectivity index (χ3n) is 6.34. The standard InChI is InChI=1S/C23H30ClN3O/c1-28-22-11-15-27(21(17-22)16-18-5-7-19(24)8-6-18)20-9-13-26(14-10-20)23-4-2-3-12-25-23/h2-8,12,20-22H,9-11,13-17H2,1H3/t21-,22-/m0/s1. The number of benzene rings is 1. The molecule has 0 amide bonds. The molecular formula is C23H30ClN3O. The van der Waals surface area contributed by atoms with Crippen LogP contribution in [0.4, 0.5) is 5.82 Å². The summed E-state index contributed by atoms with van der Waals surface area (Å²) in [6.07, 6.45) is 7.98. The van der Waals surface area contributed by atoms with E-state index in [4.69, 9.17) is 16.3 Å². The highest BCUT2D eigenvalue weighted by Crippen LogP contribution is 2.30. The molecule has 0 bridgehead atoms. The van der Waals surface area contributed by atoms with E-state index in [0.29, 0.717) is 18.2 Å². The number of hydrogen-bond donors (Lipinski definition) is 0. The van der Waals surface area contributed by atoms with Gasteiger partial charge in [0.2, 0.25) is 0 Å². The van der Waals surface area contributed by atoms with Crippen molar-refractivity contribution in [2.75, 3.05) is 31.6 Å². The lowest BCUT2D eigenvalue weighted by Gasteiger charge is -2.46. The summed E-state index contributed by atoms with van der Waals surface area (Å²) in [6.45, 7) is 3.30. The van der Waals surface area contributed by atoms with Gasteiger partial charge < -0.3 is 9.64 Å². The number of nitrogens with zero attached hydrogens (tertiary/aromatic N) is 3. The van der Waals surface area contributed by atoms with Crippen molar-refractivity contribution in [1.82, 2.24) is 9.88 Å². The predicted octanol–water partition coefficient (Wildman–Crippen LogP) is 4.43. The summed E-state index contributed by atoms with van der Waals surface area (Å²) in [7, 11) is 1.85. The Bertz CT molecular complexity index is 731. The van der Waals surface area contributed by atoms with Gasteiger partial charge in [0.1, 0.15) is 5.82 Å². The Morgan fingerprint density at radius 3 is 2.50 bits per heavy atom. The Hall–Kier alpha value is -1.62. The van der Waals surface area contributed by atoms with Crippen molar-refractivity contribution < 1.29 is 4.74 Å². The van der Waals surface area contributed by atoms with Crippen molar-refractivity contribution in [2.45, 2.75) is 50.3 Å². The Morgan fingerprint density at radius 1 is 1.04 bits per heavy atom. The molecule has 150 valence electrons. The van der Waals surface area contributed by atoms with Crippen molar-refractivity contribution in [3.05, 3.63) is 59.2 Å². The Morgan fingerprint density at radius 2 is 1.82 bits per heavy atom. The molecule has 0 saturated carbocycles. The number of methoxy groups -OCH3 is 1. The zero-order valence-corrected chi connectivity index (χ0v) is 17.4. The van der Waals surface area contributed by atoms with E-state index in [1.165, 1.54) is 18.4 Å². The van der Waals surface area contributed by atoms with Crippen LogP contribution in [-0.2, 0) is 11.2 Å². The van der Waals surface area contributed by atoms with Gasteiger partial charge in [-0.25, -0.2) is 4.98 Å². The maximum absolute atomic E-state index is 6.07. The van der Waals surface area contributed by atoms with E-state index in [2.05, 4.69) is 39.0 Å². The predicted molar refractivity (Wildman–Crippen MR) is 115 cm³/mol. The second-order valence-electron chi connectivity index (χ2n) is 8.01. The number of anilines is 1. The van der Waals surface area contributed by atoms with E-state index in [9.17, 15) is 0 Å². The number of likely N-dealkylation sites (tertiary alicyclic amines) is 1. The molecule has 0 spiro atoms. The summed E-state index contributed by atoms with van der Waals surface area (Å²) < 4.78 is 5.72. The summed E-state index contributed by atoms with van der Waals surface area (Å²) >= 11 is 6.07. The first-order valence-electron chi connectivity index (χ1n) is 10.4. The van der Waals surface area contributed by atoms with Crippen LogP contribution < -0.4 is 4.90 Å². The fourth-order valence-corrected chi connectivity index (χ4v) is 4.91. The summed E-state index contributed by atoms with van der Waals surface area (Å²) in [4.78, 5) is 9.71. The van der Waals surface area contributed by atoms with Gasteiger partial charge >= 0.3 is 0 Å². The second-order valence-corrected chi connectivity index (χ2v) is 8.45. The maximum Gasteiger partial charge on any atom is 0.128 e. The van der Waals surface area contributed by atoms with Crippen LogP contribution in [0.3, 0.4) is 0 Å². The van der Waals surface area contributed by atoms with E-state index < -0.39 is 0 Å². The molecular weight excluding hydrogens is 370 g/mol. The minimum absolute atomic E-state index is 0.377. The number of pyridine rings is 1. The zero-order valence-electron chi connectivity index (χ0n) is 16.6. The van der Waals surface area contributed by atoms with Gasteiger partial charge in [-0.3, -0.25) is 4.90 Å². The number of hydrogen-bond acceptors (Lipinski definition) is 4. The van der Waals surface area contributed by atoms with Gasteiger partial charge in [0, 0.05) is 50.0 Å². The van der Waals surface area contributed by atoms with Gasteiger partial charge in [-0.15, -0.1) is 0 Å². The van der Waals surface area contributed by atoms with Gasteiger partial charge in [-0.1, -0.05) is 29.8 Å². The molecule has 3 heterocycles. The second kappa shape index (κ2) is 9.25. The van der Waals surface area contributed by atoms with Gasteiger partial charge in [0.15, 0.2) is 0 Å². The van der Waals surface area contributed by atoms with E-state index in [-0.39, 0.29) is 0 Å². The van der Waals surface area contributed by atoms with Gasteiger partial charge in [0.25, 0.3) is 0 Å². The summed E-state index contributed by atoms with van der Waals surface area (Å²) in [6, 6.07) is 15.7. The van der Waals surface area contributed by atoms with Crippen molar-refractivity contribution >= 4 is 17.4 Å². The lowest BCUT2D eigenvalue weighted by atomic mass is 9.90. The molecule has 2 fully saturated rings. The number of aromatic nitrogens is 1. The van der Waals surface area contributed by atoms with Crippen LogP contribution in [0, 0.1) is 0 Å². The first-order valence-corrected chi connectivity index (χ1v) is 10.8. The minimum Gasteiger partial charge on any atom is -0.381 e. The molecule has 1 aromatic carbocycles. The molecule has 2 aliphatic heterocycles. The number of rotatable bonds is 5. The van der Waals surface area contributed by atoms with Crippen LogP contribution in [-0.4, -0.2) is 54.8 Å². The molecule has 2 atom stereocenters. The smallest absolute Gasteiger partial charge is 0.128 e. The highest BCUT2D eigenvalue weighted by Gasteiger charge is 2.34. The normalized spacial score (nSPS) is 24.4. The lowest BCUT2D eigenvalue weighted by Crippen LogP contribution is -2.54. The number of ether oxygens (including phenoxy) is 1. The van der Waals surface area contributed by atoms with Crippen LogP contribution in [0.1, 0.15) is 31.2 Å². The van der Waals surface area contributed by atoms with Crippen LogP contribution >= 0.6 is 11.6 Å². The van der Waals surface area contributed by atoms with Gasteiger partial charge in [-0.05, 0) is 61.9 Å². The Kier molecular flexibility index (Phi) is 6.50. The highest BCUT2D eigenvalue weighted by atomic mass is 35.5. The summed E-state index contributed by atoms with van der Waals surface area (Å²) in [5.74, 6) is 1.11. The van der Waals surface area contributed by atoms with E-state index >= 15 is 0 Å². The monoisotopic (exact) mass is 399 g/mol. The lowest BCUT2D eigenvalue weighted by molar-refractivity contribution is -0.0111. The molecule has 0 unspecified atom stereocenters. The largest absolute Gasteiger partial charge is 0.381 e. The van der Waals surface area contributed by atoms with Crippen molar-refractivity contribution in [3.63, 3.8) is 0 Å². The van der Waals surface area contributed by atoms with E-state index in [0.717, 1.165) is 49.7 Å². The average Bonchev–Trinajstić information content (AvgIpc) is 2.76. The minimum atomic E-state index is 0.377. The van der Waals surface area contributed by atoms with Gasteiger partial charge in [-0.2, -0.15) is 0 Å². The average molecular weight is 400 g/mol. The SMILES string of the molecule is CO[C@H]1CCN(C2CCN(c3ccccn3)CC2)[C@@H](Cc2ccc(Cl)cc2)C1. The Balaban J connectivity index is 1.42. The number of piperidine rings is 2. The van der Waals surface area contributed by atoms with Crippen molar-refractivity contribution in [2.24, 2.45) is 0 Å². The molecule has 0 radical (unpaired) electrons. The topological polar surface area (TPSA) is 28.6 Å². The Labute approximate surface area is 173 Å². The zero-order chi connectivity index (χ0) is 19.3. The molecule has 2 aliphatic rings. The first-order chi connectivity index (χ1) is 13.7. The molecule has 28 heavy (non-hydrogen) atoms. The fraction of sp³-hybridized carbons (Fsp3) is 0.522. The highest BCUT2D eigenvalue weighted by molar-refractivity contribution is 6.30. The molecule has 5 heteroatoms. The van der Waals surface area contributed by atoms with Crippen molar-refractivity contribution in [3.8, 4) is 0 Å². The number of halogens is 1. The van der Waals surface area contributed by atoms with Crippen LogP contribution in [0.25, 0.3) is 0 Å². The fourth-order valence-electron chi connectivity index (χ4n) is 4.79. The van der Waals surface area contributed by atoms with Crippen LogP contribution in [0.2, 0.25) is 5.02 Å². The maximum atomic E-state index is 6.07. The van der Waals surface area contributed by atoms with Gasteiger partial charge in [0.05, 0.1) is 6.10 Å². The molecule has 4 nitrogen and oxygen atoms in total. The molecule has 4 rings (SSSR count). The van der Waals surface area contributed by atoms with E-state index in [1.807, 2.05) is 31.5 Å². The van der Waals surface area contributed by atoms with Crippen LogP contribution in [0.5, 0.6) is 0 Å². The van der Waals surface area contributed by atoms with Crippen molar-refractivity contribution in [1.29, 1.82) is 0 Å². The molecule has 1 aromatic heterocycles. The first kappa shape index (κ1) is 19.7. The third kappa shape index (κ3) is 4.68. The molecule has 2 saturated heterocycles. The molecule has 0 N–H and O–H groups in total. The summed E-state index contributed by atoms with van der Waals surface area (Å²) in [5, 5.41) is 0.806. The molecule has 2 aromatic rings. The quantitative estimate of drug-likeness (QED) is 0.743. The van der Waals surface area contributed by atoms with Crippen LogP contribution in [0.15, 0.2) is 48.7 Å². The van der Waals surface area contributed by atoms with E-state index in [1.54, 1.807) is 0 Å². The summed E-state index contributed by atoms with van der Waals surface area (Å²) in [5.41, 5.74) is 1.36.